The Kier molecular flexibility index (Phi) is 4.51. The first-order chi connectivity index (χ1) is 6.72. The highest BCUT2D eigenvalue weighted by atomic mass is 16.3. The van der Waals surface area contributed by atoms with Gasteiger partial charge in [0.05, 0.1) is 0 Å². The van der Waals surface area contributed by atoms with E-state index in [4.69, 9.17) is 5.11 Å². The Morgan fingerprint density at radius 1 is 1.21 bits per heavy atom. The molecule has 0 aliphatic rings. The SMILES string of the molecule is CCCCC(C)Cc1ccc(O)cc1. The van der Waals surface area contributed by atoms with Crippen molar-refractivity contribution in [2.75, 3.05) is 0 Å². The Morgan fingerprint density at radius 2 is 1.86 bits per heavy atom. The van der Waals surface area contributed by atoms with E-state index in [0.717, 1.165) is 12.3 Å². The number of aromatic hydroxyl groups is 1. The lowest BCUT2D eigenvalue weighted by Gasteiger charge is -2.10. The molecule has 0 bridgehead atoms. The summed E-state index contributed by atoms with van der Waals surface area (Å²) in [7, 11) is 0. The van der Waals surface area contributed by atoms with Gasteiger partial charge in [0.25, 0.3) is 0 Å². The first kappa shape index (κ1) is 11.1. The fourth-order valence-corrected chi connectivity index (χ4v) is 1.69. The second kappa shape index (κ2) is 5.69. The smallest absolute Gasteiger partial charge is 0.115 e. The summed E-state index contributed by atoms with van der Waals surface area (Å²) in [6.45, 7) is 4.52. The minimum Gasteiger partial charge on any atom is -0.508 e. The van der Waals surface area contributed by atoms with Gasteiger partial charge in [-0.2, -0.15) is 0 Å². The van der Waals surface area contributed by atoms with Gasteiger partial charge in [0.2, 0.25) is 0 Å². The third-order valence-corrected chi connectivity index (χ3v) is 2.57. The van der Waals surface area contributed by atoms with Crippen LogP contribution in [0.3, 0.4) is 0 Å². The van der Waals surface area contributed by atoms with Gasteiger partial charge in [0.1, 0.15) is 5.75 Å². The number of phenols is 1. The second-order valence-corrected chi connectivity index (χ2v) is 4.12. The average molecular weight is 192 g/mol. The lowest BCUT2D eigenvalue weighted by molar-refractivity contribution is 0.473. The topological polar surface area (TPSA) is 20.2 Å². The van der Waals surface area contributed by atoms with Crippen molar-refractivity contribution in [1.29, 1.82) is 0 Å². The van der Waals surface area contributed by atoms with Gasteiger partial charge in [-0.25, -0.2) is 0 Å². The number of rotatable bonds is 5. The molecule has 78 valence electrons. The molecule has 0 heterocycles. The van der Waals surface area contributed by atoms with E-state index in [0.29, 0.717) is 5.75 Å². The van der Waals surface area contributed by atoms with E-state index < -0.39 is 0 Å². The van der Waals surface area contributed by atoms with Gasteiger partial charge in [0, 0.05) is 0 Å². The standard InChI is InChI=1S/C13H20O/c1-3-4-5-11(2)10-12-6-8-13(14)9-7-12/h6-9,11,14H,3-5,10H2,1-2H3. The fourth-order valence-electron chi connectivity index (χ4n) is 1.69. The quantitative estimate of drug-likeness (QED) is 0.753. The zero-order chi connectivity index (χ0) is 10.4. The Balaban J connectivity index is 2.39. The summed E-state index contributed by atoms with van der Waals surface area (Å²) < 4.78 is 0. The van der Waals surface area contributed by atoms with Crippen LogP contribution < -0.4 is 0 Å². The number of hydrogen-bond donors (Lipinski definition) is 1. The molecule has 1 unspecified atom stereocenters. The molecule has 0 saturated heterocycles. The van der Waals surface area contributed by atoms with E-state index in [-0.39, 0.29) is 0 Å². The van der Waals surface area contributed by atoms with Crippen molar-refractivity contribution in [3.63, 3.8) is 0 Å². The Hall–Kier alpha value is -0.980. The Bertz CT molecular complexity index is 250. The molecule has 1 aromatic carbocycles. The maximum absolute atomic E-state index is 9.13. The zero-order valence-electron chi connectivity index (χ0n) is 9.16. The molecular weight excluding hydrogens is 172 g/mol. The van der Waals surface area contributed by atoms with Gasteiger partial charge in [-0.3, -0.25) is 0 Å². The molecule has 0 aliphatic heterocycles. The summed E-state index contributed by atoms with van der Waals surface area (Å²) in [6.07, 6.45) is 5.02. The number of hydrogen-bond acceptors (Lipinski definition) is 1. The van der Waals surface area contributed by atoms with Crippen LogP contribution in [0.1, 0.15) is 38.7 Å². The lowest BCUT2D eigenvalue weighted by Crippen LogP contribution is -1.99. The van der Waals surface area contributed by atoms with Crippen molar-refractivity contribution < 1.29 is 5.11 Å². The summed E-state index contributed by atoms with van der Waals surface area (Å²) in [5, 5.41) is 9.13. The predicted octanol–water partition coefficient (Wildman–Crippen LogP) is 3.76. The van der Waals surface area contributed by atoms with E-state index in [9.17, 15) is 0 Å². The zero-order valence-corrected chi connectivity index (χ0v) is 9.16. The number of benzene rings is 1. The van der Waals surface area contributed by atoms with Crippen molar-refractivity contribution in [2.24, 2.45) is 5.92 Å². The first-order valence-electron chi connectivity index (χ1n) is 5.50. The molecular formula is C13H20O. The summed E-state index contributed by atoms with van der Waals surface area (Å²) in [5.74, 6) is 1.11. The molecule has 0 radical (unpaired) electrons. The highest BCUT2D eigenvalue weighted by Gasteiger charge is 2.02. The van der Waals surface area contributed by atoms with Crippen LogP contribution in [0.5, 0.6) is 5.75 Å². The van der Waals surface area contributed by atoms with E-state index in [1.807, 2.05) is 12.1 Å². The molecule has 1 rings (SSSR count). The van der Waals surface area contributed by atoms with E-state index >= 15 is 0 Å². The van der Waals surface area contributed by atoms with E-state index in [1.165, 1.54) is 24.8 Å². The Labute approximate surface area is 86.8 Å². The third-order valence-electron chi connectivity index (χ3n) is 2.57. The molecule has 0 amide bonds. The first-order valence-corrected chi connectivity index (χ1v) is 5.50. The van der Waals surface area contributed by atoms with Crippen molar-refractivity contribution >= 4 is 0 Å². The molecule has 0 spiro atoms. The van der Waals surface area contributed by atoms with Crippen LogP contribution in [0.25, 0.3) is 0 Å². The molecule has 1 aromatic rings. The van der Waals surface area contributed by atoms with Gasteiger partial charge >= 0.3 is 0 Å². The molecule has 1 N–H and O–H groups in total. The molecule has 0 fully saturated rings. The van der Waals surface area contributed by atoms with Crippen molar-refractivity contribution in [3.05, 3.63) is 29.8 Å². The lowest BCUT2D eigenvalue weighted by atomic mass is 9.96. The van der Waals surface area contributed by atoms with Crippen LogP contribution in [0.4, 0.5) is 0 Å². The van der Waals surface area contributed by atoms with Crippen LogP contribution in [0.2, 0.25) is 0 Å². The molecule has 0 aromatic heterocycles. The van der Waals surface area contributed by atoms with Gasteiger partial charge in [-0.15, -0.1) is 0 Å². The van der Waals surface area contributed by atoms with Crippen LogP contribution in [-0.4, -0.2) is 5.11 Å². The third kappa shape index (κ3) is 3.82. The molecule has 1 heteroatoms. The normalized spacial score (nSPS) is 12.7. The van der Waals surface area contributed by atoms with E-state index in [1.54, 1.807) is 12.1 Å². The molecule has 1 nitrogen and oxygen atoms in total. The van der Waals surface area contributed by atoms with Gasteiger partial charge in [0.15, 0.2) is 0 Å². The van der Waals surface area contributed by atoms with Crippen LogP contribution >= 0.6 is 0 Å². The highest BCUT2D eigenvalue weighted by molar-refractivity contribution is 5.26. The molecule has 0 aliphatic carbocycles. The predicted molar refractivity (Wildman–Crippen MR) is 60.5 cm³/mol. The van der Waals surface area contributed by atoms with Gasteiger partial charge in [-0.05, 0) is 30.0 Å². The van der Waals surface area contributed by atoms with Crippen LogP contribution in [-0.2, 0) is 6.42 Å². The molecule has 0 saturated carbocycles. The van der Waals surface area contributed by atoms with Gasteiger partial charge < -0.3 is 5.11 Å². The summed E-state index contributed by atoms with van der Waals surface area (Å²) >= 11 is 0. The van der Waals surface area contributed by atoms with Crippen LogP contribution in [0, 0.1) is 5.92 Å². The second-order valence-electron chi connectivity index (χ2n) is 4.12. The molecule has 14 heavy (non-hydrogen) atoms. The average Bonchev–Trinajstić information content (AvgIpc) is 2.18. The van der Waals surface area contributed by atoms with Crippen molar-refractivity contribution in [2.45, 2.75) is 39.5 Å². The minimum atomic E-state index is 0.356. The molecule has 1 atom stereocenters. The summed E-state index contributed by atoms with van der Waals surface area (Å²) in [5.41, 5.74) is 1.33. The maximum Gasteiger partial charge on any atom is 0.115 e. The number of unbranched alkanes of at least 4 members (excludes halogenated alkanes) is 1. The van der Waals surface area contributed by atoms with Crippen molar-refractivity contribution in [1.82, 2.24) is 0 Å². The van der Waals surface area contributed by atoms with Gasteiger partial charge in [-0.1, -0.05) is 45.2 Å². The maximum atomic E-state index is 9.13. The van der Waals surface area contributed by atoms with Crippen molar-refractivity contribution in [3.8, 4) is 5.75 Å². The fraction of sp³-hybridized carbons (Fsp3) is 0.538. The minimum absolute atomic E-state index is 0.356. The summed E-state index contributed by atoms with van der Waals surface area (Å²) in [4.78, 5) is 0. The highest BCUT2D eigenvalue weighted by Crippen LogP contribution is 2.16. The monoisotopic (exact) mass is 192 g/mol. The Morgan fingerprint density at radius 3 is 2.43 bits per heavy atom. The number of phenolic OH excluding ortho intramolecular Hbond substituents is 1. The van der Waals surface area contributed by atoms with Crippen LogP contribution in [0.15, 0.2) is 24.3 Å². The van der Waals surface area contributed by atoms with E-state index in [2.05, 4.69) is 13.8 Å². The summed E-state index contributed by atoms with van der Waals surface area (Å²) in [6, 6.07) is 7.55. The largest absolute Gasteiger partial charge is 0.508 e.